The number of methoxy groups -OCH3 is 1. The van der Waals surface area contributed by atoms with E-state index in [1.54, 1.807) is 18.4 Å². The number of rotatable bonds is 6. The van der Waals surface area contributed by atoms with E-state index in [-0.39, 0.29) is 11.9 Å². The summed E-state index contributed by atoms with van der Waals surface area (Å²) in [7, 11) is 1.80. The Labute approximate surface area is 163 Å². The molecule has 0 aromatic carbocycles. The molecular formula is C19H28N4O3S. The van der Waals surface area contributed by atoms with Crippen molar-refractivity contribution >= 4 is 27.2 Å². The fraction of sp³-hybridized carbons (Fsp3) is 0.684. The summed E-state index contributed by atoms with van der Waals surface area (Å²) in [6.07, 6.45) is 2.72. The summed E-state index contributed by atoms with van der Waals surface area (Å²) in [5.74, 6) is 0. The molecule has 0 radical (unpaired) electrons. The van der Waals surface area contributed by atoms with Gasteiger partial charge in [0.1, 0.15) is 4.83 Å². The minimum absolute atomic E-state index is 0.0807. The second kappa shape index (κ2) is 7.60. The number of aromatic nitrogens is 2. The summed E-state index contributed by atoms with van der Waals surface area (Å²) in [6, 6.07) is 0. The van der Waals surface area contributed by atoms with Gasteiger partial charge in [-0.15, -0.1) is 16.4 Å². The van der Waals surface area contributed by atoms with Gasteiger partial charge in [-0.1, -0.05) is 0 Å². The molecule has 0 unspecified atom stereocenters. The summed E-state index contributed by atoms with van der Waals surface area (Å²) < 4.78 is 17.2. The van der Waals surface area contributed by atoms with E-state index >= 15 is 0 Å². The number of thiophene rings is 1. The standard InChI is InChI=1S/C19H28N4O3S/c1-12-13(2)21-22-18-16(12)17(20)14(27-18)9-23-10-19(11-23,24-3)6-5-15-25-7-4-8-26-15/h15H,4-11,20H2,1-3H3. The number of likely N-dealkylation sites (tertiary alicyclic amines) is 1. The lowest BCUT2D eigenvalue weighted by atomic mass is 9.88. The highest BCUT2D eigenvalue weighted by Gasteiger charge is 2.43. The molecule has 2 N–H and O–H groups in total. The van der Waals surface area contributed by atoms with Crippen LogP contribution in [0, 0.1) is 13.8 Å². The van der Waals surface area contributed by atoms with Gasteiger partial charge in [-0.3, -0.25) is 4.90 Å². The molecule has 2 saturated heterocycles. The molecule has 2 aromatic heterocycles. The average molecular weight is 393 g/mol. The molecule has 7 nitrogen and oxygen atoms in total. The summed E-state index contributed by atoms with van der Waals surface area (Å²) in [4.78, 5) is 4.47. The summed E-state index contributed by atoms with van der Waals surface area (Å²) in [5, 5.41) is 9.61. The van der Waals surface area contributed by atoms with Crippen LogP contribution < -0.4 is 5.73 Å². The first-order chi connectivity index (χ1) is 13.0. The third-order valence-electron chi connectivity index (χ3n) is 5.77. The van der Waals surface area contributed by atoms with Crippen molar-refractivity contribution < 1.29 is 14.2 Å². The fourth-order valence-electron chi connectivity index (χ4n) is 3.96. The zero-order valence-electron chi connectivity index (χ0n) is 16.3. The van der Waals surface area contributed by atoms with E-state index in [9.17, 15) is 0 Å². The fourth-order valence-corrected chi connectivity index (χ4v) is 5.10. The Balaban J connectivity index is 1.38. The predicted octanol–water partition coefficient (Wildman–Crippen LogP) is 2.63. The molecular weight excluding hydrogens is 364 g/mol. The van der Waals surface area contributed by atoms with Crippen LogP contribution in [-0.4, -0.2) is 60.4 Å². The zero-order chi connectivity index (χ0) is 19.0. The summed E-state index contributed by atoms with van der Waals surface area (Å²) >= 11 is 1.65. The van der Waals surface area contributed by atoms with E-state index in [0.717, 1.165) is 84.1 Å². The molecule has 0 spiro atoms. The lowest BCUT2D eigenvalue weighted by molar-refractivity contribution is -0.197. The molecule has 0 saturated carbocycles. The third kappa shape index (κ3) is 3.69. The van der Waals surface area contributed by atoms with Crippen molar-refractivity contribution in [3.05, 3.63) is 16.1 Å². The lowest BCUT2D eigenvalue weighted by Gasteiger charge is -2.49. The second-order valence-corrected chi connectivity index (χ2v) is 8.71. The smallest absolute Gasteiger partial charge is 0.157 e. The molecule has 0 atom stereocenters. The minimum atomic E-state index is -0.109. The van der Waals surface area contributed by atoms with Crippen LogP contribution in [0.4, 0.5) is 5.69 Å². The number of nitrogens with two attached hydrogens (primary N) is 1. The van der Waals surface area contributed by atoms with Gasteiger partial charge >= 0.3 is 0 Å². The molecule has 2 aromatic rings. The molecule has 4 heterocycles. The Morgan fingerprint density at radius 3 is 2.70 bits per heavy atom. The topological polar surface area (TPSA) is 82.7 Å². The normalized spacial score (nSPS) is 20.9. The van der Waals surface area contributed by atoms with Crippen molar-refractivity contribution in [3.8, 4) is 0 Å². The monoisotopic (exact) mass is 392 g/mol. The van der Waals surface area contributed by atoms with E-state index in [4.69, 9.17) is 19.9 Å². The summed E-state index contributed by atoms with van der Waals surface area (Å²) in [5.41, 5.74) is 9.25. The summed E-state index contributed by atoms with van der Waals surface area (Å²) in [6.45, 7) is 8.25. The van der Waals surface area contributed by atoms with Gasteiger partial charge in [0.15, 0.2) is 6.29 Å². The van der Waals surface area contributed by atoms with Crippen LogP contribution in [0.1, 0.15) is 35.4 Å². The Bertz CT molecular complexity index is 813. The Morgan fingerprint density at radius 2 is 2.00 bits per heavy atom. The molecule has 0 amide bonds. The van der Waals surface area contributed by atoms with Gasteiger partial charge in [0.2, 0.25) is 0 Å². The van der Waals surface area contributed by atoms with E-state index in [0.29, 0.717) is 0 Å². The number of hydrogen-bond donors (Lipinski definition) is 1. The van der Waals surface area contributed by atoms with Gasteiger partial charge < -0.3 is 19.9 Å². The highest BCUT2D eigenvalue weighted by Crippen LogP contribution is 2.38. The van der Waals surface area contributed by atoms with Gasteiger partial charge in [-0.05, 0) is 32.3 Å². The maximum absolute atomic E-state index is 6.44. The van der Waals surface area contributed by atoms with Gasteiger partial charge in [0.05, 0.1) is 30.2 Å². The number of ether oxygens (including phenoxy) is 3. The molecule has 8 heteroatoms. The van der Waals surface area contributed by atoms with Crippen molar-refractivity contribution in [2.45, 2.75) is 51.5 Å². The van der Waals surface area contributed by atoms with Gasteiger partial charge in [0.25, 0.3) is 0 Å². The van der Waals surface area contributed by atoms with Crippen molar-refractivity contribution in [3.63, 3.8) is 0 Å². The first-order valence-electron chi connectivity index (χ1n) is 9.53. The van der Waals surface area contributed by atoms with Crippen LogP contribution in [0.15, 0.2) is 0 Å². The van der Waals surface area contributed by atoms with Crippen LogP contribution in [0.2, 0.25) is 0 Å². The van der Waals surface area contributed by atoms with Crippen LogP contribution in [-0.2, 0) is 20.8 Å². The van der Waals surface area contributed by atoms with Crippen LogP contribution >= 0.6 is 11.3 Å². The van der Waals surface area contributed by atoms with Crippen LogP contribution in [0.25, 0.3) is 10.2 Å². The Morgan fingerprint density at radius 1 is 1.26 bits per heavy atom. The number of nitrogen functional groups attached to an aromatic ring is 1. The highest BCUT2D eigenvalue weighted by molar-refractivity contribution is 7.19. The number of anilines is 1. The Hall–Kier alpha value is -1.32. The number of nitrogens with zero attached hydrogens (tertiary/aromatic N) is 3. The van der Waals surface area contributed by atoms with Gasteiger partial charge in [-0.2, -0.15) is 5.10 Å². The van der Waals surface area contributed by atoms with Crippen LogP contribution in [0.5, 0.6) is 0 Å². The first kappa shape index (κ1) is 19.0. The molecule has 4 rings (SSSR count). The number of fused-ring (bicyclic) bond motifs is 1. The number of hydrogen-bond acceptors (Lipinski definition) is 8. The third-order valence-corrected chi connectivity index (χ3v) is 6.84. The van der Waals surface area contributed by atoms with Crippen molar-refractivity contribution in [1.29, 1.82) is 0 Å². The SMILES string of the molecule is COC1(CCC2OCCCO2)CN(Cc2sc3nnc(C)c(C)c3c2N)C1. The van der Waals surface area contributed by atoms with E-state index < -0.39 is 0 Å². The van der Waals surface area contributed by atoms with Gasteiger partial charge in [0, 0.05) is 43.4 Å². The second-order valence-electron chi connectivity index (χ2n) is 7.63. The Kier molecular flexibility index (Phi) is 5.35. The molecule has 0 aliphatic carbocycles. The first-order valence-corrected chi connectivity index (χ1v) is 10.3. The predicted molar refractivity (Wildman–Crippen MR) is 106 cm³/mol. The quantitative estimate of drug-likeness (QED) is 0.809. The largest absolute Gasteiger partial charge is 0.397 e. The average Bonchev–Trinajstić information content (AvgIpc) is 2.97. The van der Waals surface area contributed by atoms with E-state index in [1.165, 1.54) is 0 Å². The maximum atomic E-state index is 6.44. The number of aryl methyl sites for hydroxylation is 2. The molecule has 2 aliphatic rings. The van der Waals surface area contributed by atoms with Crippen molar-refractivity contribution in [2.24, 2.45) is 0 Å². The molecule has 2 aliphatic heterocycles. The van der Waals surface area contributed by atoms with Crippen molar-refractivity contribution in [1.82, 2.24) is 15.1 Å². The molecule has 0 bridgehead atoms. The van der Waals surface area contributed by atoms with Crippen molar-refractivity contribution in [2.75, 3.05) is 39.1 Å². The molecule has 2 fully saturated rings. The van der Waals surface area contributed by atoms with Gasteiger partial charge in [-0.25, -0.2) is 0 Å². The highest BCUT2D eigenvalue weighted by atomic mass is 32.1. The van der Waals surface area contributed by atoms with E-state index in [2.05, 4.69) is 22.0 Å². The van der Waals surface area contributed by atoms with E-state index in [1.807, 2.05) is 6.92 Å². The maximum Gasteiger partial charge on any atom is 0.157 e. The molecule has 27 heavy (non-hydrogen) atoms. The lowest BCUT2D eigenvalue weighted by Crippen LogP contribution is -2.62. The van der Waals surface area contributed by atoms with Crippen LogP contribution in [0.3, 0.4) is 0 Å². The molecule has 148 valence electrons. The minimum Gasteiger partial charge on any atom is -0.397 e. The zero-order valence-corrected chi connectivity index (χ0v) is 17.1.